The van der Waals surface area contributed by atoms with Crippen LogP contribution in [0, 0.1) is 0 Å². The zero-order chi connectivity index (χ0) is 16.6. The first-order valence-corrected chi connectivity index (χ1v) is 9.19. The summed E-state index contributed by atoms with van der Waals surface area (Å²) in [6.07, 6.45) is 0. The van der Waals surface area contributed by atoms with Crippen LogP contribution in [-0.2, 0) is 6.54 Å². The van der Waals surface area contributed by atoms with Gasteiger partial charge in [0.1, 0.15) is 0 Å². The van der Waals surface area contributed by atoms with Crippen LogP contribution in [0.25, 0.3) is 10.2 Å². The third-order valence-corrected chi connectivity index (χ3v) is 5.40. The van der Waals surface area contributed by atoms with E-state index < -0.39 is 0 Å². The summed E-state index contributed by atoms with van der Waals surface area (Å²) in [5.74, 6) is -0.375. The fourth-order valence-corrected chi connectivity index (χ4v) is 4.38. The van der Waals surface area contributed by atoms with Gasteiger partial charge in [0.25, 0.3) is 5.91 Å². The number of carbonyl (C=O) groups excluding carboxylic acids is 1. The average Bonchev–Trinajstić information content (AvgIpc) is 2.82. The van der Waals surface area contributed by atoms with Crippen LogP contribution >= 0.6 is 50.5 Å². The van der Waals surface area contributed by atoms with E-state index in [-0.39, 0.29) is 5.91 Å². The summed E-state index contributed by atoms with van der Waals surface area (Å²) in [7, 11) is 0. The van der Waals surface area contributed by atoms with E-state index in [9.17, 15) is 4.79 Å². The smallest absolute Gasteiger partial charge is 0.281 e. The molecule has 1 heterocycles. The van der Waals surface area contributed by atoms with Crippen molar-refractivity contribution in [3.05, 3.63) is 61.3 Å². The van der Waals surface area contributed by atoms with Gasteiger partial charge in [0.15, 0.2) is 4.80 Å². The lowest BCUT2D eigenvalue weighted by Gasteiger charge is -2.01. The molecular weight excluding hydrogens is 419 g/mol. The van der Waals surface area contributed by atoms with Crippen molar-refractivity contribution >= 4 is 66.6 Å². The number of aryl methyl sites for hydroxylation is 1. The SMILES string of the molecule is CCn1c(=NC(=O)c2ccc(Cl)cc2Cl)sc2cc(Br)ccc21. The quantitative estimate of drug-likeness (QED) is 0.527. The molecule has 1 amide bonds. The lowest BCUT2D eigenvalue weighted by molar-refractivity contribution is 0.0998. The van der Waals surface area contributed by atoms with Gasteiger partial charge >= 0.3 is 0 Å². The lowest BCUT2D eigenvalue weighted by Crippen LogP contribution is -2.16. The van der Waals surface area contributed by atoms with Gasteiger partial charge in [-0.15, -0.1) is 0 Å². The molecule has 0 saturated heterocycles. The molecule has 0 spiro atoms. The van der Waals surface area contributed by atoms with Gasteiger partial charge in [-0.1, -0.05) is 50.5 Å². The molecule has 0 atom stereocenters. The summed E-state index contributed by atoms with van der Waals surface area (Å²) < 4.78 is 4.07. The van der Waals surface area contributed by atoms with Crippen molar-refractivity contribution in [2.45, 2.75) is 13.5 Å². The normalized spacial score (nSPS) is 12.1. The third kappa shape index (κ3) is 3.38. The van der Waals surface area contributed by atoms with Crippen molar-refractivity contribution in [2.75, 3.05) is 0 Å². The van der Waals surface area contributed by atoms with Crippen LogP contribution in [0.2, 0.25) is 10.0 Å². The predicted molar refractivity (Wildman–Crippen MR) is 99.5 cm³/mol. The van der Waals surface area contributed by atoms with E-state index in [1.807, 2.05) is 29.7 Å². The highest BCUT2D eigenvalue weighted by molar-refractivity contribution is 9.10. The first kappa shape index (κ1) is 16.7. The molecule has 0 aliphatic carbocycles. The number of hydrogen-bond donors (Lipinski definition) is 0. The maximum atomic E-state index is 12.4. The molecule has 3 aromatic rings. The van der Waals surface area contributed by atoms with E-state index >= 15 is 0 Å². The Bertz CT molecular complexity index is 978. The van der Waals surface area contributed by atoms with Gasteiger partial charge in [-0.25, -0.2) is 0 Å². The molecule has 0 bridgehead atoms. The second kappa shape index (κ2) is 6.77. The minimum Gasteiger partial charge on any atom is -0.317 e. The number of thiazole rings is 1. The number of fused-ring (bicyclic) bond motifs is 1. The van der Waals surface area contributed by atoms with Crippen molar-refractivity contribution in [3.63, 3.8) is 0 Å². The highest BCUT2D eigenvalue weighted by Gasteiger charge is 2.12. The van der Waals surface area contributed by atoms with Gasteiger partial charge in [0, 0.05) is 16.0 Å². The molecule has 3 rings (SSSR count). The fraction of sp³-hybridized carbons (Fsp3) is 0.125. The number of carbonyl (C=O) groups is 1. The molecule has 23 heavy (non-hydrogen) atoms. The van der Waals surface area contributed by atoms with Crippen LogP contribution in [0.1, 0.15) is 17.3 Å². The molecule has 0 radical (unpaired) electrons. The Morgan fingerprint density at radius 1 is 1.26 bits per heavy atom. The Morgan fingerprint density at radius 3 is 2.74 bits per heavy atom. The standard InChI is InChI=1S/C16H11BrCl2N2OS/c1-2-21-13-6-3-9(17)7-14(13)23-16(21)20-15(22)11-5-4-10(18)8-12(11)19/h3-8H,2H2,1H3. The lowest BCUT2D eigenvalue weighted by atomic mass is 10.2. The van der Waals surface area contributed by atoms with Crippen molar-refractivity contribution in [1.82, 2.24) is 4.57 Å². The minimum atomic E-state index is -0.375. The maximum Gasteiger partial charge on any atom is 0.281 e. The molecule has 1 aromatic heterocycles. The summed E-state index contributed by atoms with van der Waals surface area (Å²) in [5, 5.41) is 0.792. The number of nitrogens with zero attached hydrogens (tertiary/aromatic N) is 2. The van der Waals surface area contributed by atoms with Crippen LogP contribution in [0.4, 0.5) is 0 Å². The van der Waals surface area contributed by atoms with Crippen molar-refractivity contribution in [3.8, 4) is 0 Å². The van der Waals surface area contributed by atoms with Crippen LogP contribution in [0.15, 0.2) is 45.9 Å². The molecule has 0 aliphatic heterocycles. The van der Waals surface area contributed by atoms with Crippen LogP contribution in [-0.4, -0.2) is 10.5 Å². The Morgan fingerprint density at radius 2 is 2.04 bits per heavy atom. The highest BCUT2D eigenvalue weighted by Crippen LogP contribution is 2.23. The molecule has 3 nitrogen and oxygen atoms in total. The zero-order valence-electron chi connectivity index (χ0n) is 12.0. The largest absolute Gasteiger partial charge is 0.317 e. The number of rotatable bonds is 2. The van der Waals surface area contributed by atoms with Crippen molar-refractivity contribution < 1.29 is 4.79 Å². The molecule has 118 valence electrons. The molecule has 0 fully saturated rings. The second-order valence-electron chi connectivity index (χ2n) is 4.78. The Kier molecular flexibility index (Phi) is 4.92. The Hall–Kier alpha value is -1.14. The molecule has 2 aromatic carbocycles. The average molecular weight is 430 g/mol. The number of amides is 1. The summed E-state index contributed by atoms with van der Waals surface area (Å²) in [4.78, 5) is 17.4. The predicted octanol–water partition coefficient (Wildman–Crippen LogP) is 5.53. The number of halogens is 3. The van der Waals surface area contributed by atoms with E-state index in [4.69, 9.17) is 23.2 Å². The van der Waals surface area contributed by atoms with Gasteiger partial charge < -0.3 is 4.57 Å². The second-order valence-corrected chi connectivity index (χ2v) is 7.55. The van der Waals surface area contributed by atoms with Gasteiger partial charge in [-0.2, -0.15) is 4.99 Å². The Balaban J connectivity index is 2.15. The minimum absolute atomic E-state index is 0.304. The van der Waals surface area contributed by atoms with E-state index in [1.165, 1.54) is 11.3 Å². The highest BCUT2D eigenvalue weighted by atomic mass is 79.9. The van der Waals surface area contributed by atoms with Gasteiger partial charge in [-0.3, -0.25) is 4.79 Å². The summed E-state index contributed by atoms with van der Waals surface area (Å²) in [6, 6.07) is 10.8. The summed E-state index contributed by atoms with van der Waals surface area (Å²) >= 11 is 16.9. The van der Waals surface area contributed by atoms with Gasteiger partial charge in [-0.05, 0) is 43.3 Å². The van der Waals surface area contributed by atoms with Gasteiger partial charge in [0.05, 0.1) is 20.8 Å². The Labute approximate surface area is 155 Å². The van der Waals surface area contributed by atoms with E-state index in [1.54, 1.807) is 18.2 Å². The molecule has 0 aliphatic rings. The number of aromatic nitrogens is 1. The molecule has 0 saturated carbocycles. The monoisotopic (exact) mass is 428 g/mol. The van der Waals surface area contributed by atoms with Crippen molar-refractivity contribution in [2.24, 2.45) is 4.99 Å². The van der Waals surface area contributed by atoms with Crippen LogP contribution in [0.5, 0.6) is 0 Å². The zero-order valence-corrected chi connectivity index (χ0v) is 15.9. The molecule has 0 N–H and O–H groups in total. The molecular formula is C16H11BrCl2N2OS. The van der Waals surface area contributed by atoms with Crippen molar-refractivity contribution in [1.29, 1.82) is 0 Å². The molecule has 0 unspecified atom stereocenters. The van der Waals surface area contributed by atoms with E-state index in [0.29, 0.717) is 20.4 Å². The first-order chi connectivity index (χ1) is 11.0. The summed E-state index contributed by atoms with van der Waals surface area (Å²) in [5.41, 5.74) is 1.40. The summed E-state index contributed by atoms with van der Waals surface area (Å²) in [6.45, 7) is 2.75. The number of benzene rings is 2. The van der Waals surface area contributed by atoms with E-state index in [0.717, 1.165) is 21.2 Å². The fourth-order valence-electron chi connectivity index (χ4n) is 2.25. The van der Waals surface area contributed by atoms with E-state index in [2.05, 4.69) is 20.9 Å². The first-order valence-electron chi connectivity index (χ1n) is 6.82. The van der Waals surface area contributed by atoms with Crippen LogP contribution in [0.3, 0.4) is 0 Å². The maximum absolute atomic E-state index is 12.4. The topological polar surface area (TPSA) is 34.4 Å². The van der Waals surface area contributed by atoms with Crippen LogP contribution < -0.4 is 4.80 Å². The number of hydrogen-bond acceptors (Lipinski definition) is 2. The molecule has 7 heteroatoms. The third-order valence-electron chi connectivity index (χ3n) is 3.32. The van der Waals surface area contributed by atoms with Gasteiger partial charge in [0.2, 0.25) is 0 Å².